The lowest BCUT2D eigenvalue weighted by molar-refractivity contribution is 0.574. The summed E-state index contributed by atoms with van der Waals surface area (Å²) in [6.07, 6.45) is 2.73. The fourth-order valence-electron chi connectivity index (χ4n) is 2.49. The van der Waals surface area contributed by atoms with Gasteiger partial charge in [0.25, 0.3) is 0 Å². The van der Waals surface area contributed by atoms with Gasteiger partial charge >= 0.3 is 0 Å². The Morgan fingerprint density at radius 1 is 1.15 bits per heavy atom. The van der Waals surface area contributed by atoms with Crippen LogP contribution in [0.3, 0.4) is 0 Å². The first-order chi connectivity index (χ1) is 9.72. The summed E-state index contributed by atoms with van der Waals surface area (Å²) in [5.41, 5.74) is 4.06. The molecule has 1 fully saturated rings. The Hall–Kier alpha value is -1.31. The number of hydrogen-bond donors (Lipinski definition) is 1. The minimum absolute atomic E-state index is 0.303. The monoisotopic (exact) mass is 285 g/mol. The Bertz CT molecular complexity index is 572. The van der Waals surface area contributed by atoms with Gasteiger partial charge < -0.3 is 5.32 Å². The van der Waals surface area contributed by atoms with Crippen molar-refractivity contribution >= 4 is 11.6 Å². The second-order valence-corrected chi connectivity index (χ2v) is 6.11. The van der Waals surface area contributed by atoms with E-state index in [0.717, 1.165) is 17.5 Å². The van der Waals surface area contributed by atoms with Crippen LogP contribution in [0.15, 0.2) is 48.5 Å². The van der Waals surface area contributed by atoms with Crippen LogP contribution in [0.2, 0.25) is 5.02 Å². The lowest BCUT2D eigenvalue weighted by atomic mass is 10.1. The van der Waals surface area contributed by atoms with E-state index < -0.39 is 0 Å². The maximum Gasteiger partial charge on any atom is 0.0409 e. The van der Waals surface area contributed by atoms with Crippen molar-refractivity contribution in [3.05, 3.63) is 70.2 Å². The Labute approximate surface area is 126 Å². The van der Waals surface area contributed by atoms with E-state index in [4.69, 9.17) is 11.6 Å². The molecule has 1 atom stereocenters. The molecule has 0 unspecified atom stereocenters. The van der Waals surface area contributed by atoms with Crippen LogP contribution in [0.25, 0.3) is 0 Å². The predicted molar refractivity (Wildman–Crippen MR) is 85.1 cm³/mol. The van der Waals surface area contributed by atoms with E-state index in [2.05, 4.69) is 42.6 Å². The van der Waals surface area contributed by atoms with Gasteiger partial charge in [-0.05, 0) is 54.5 Å². The summed E-state index contributed by atoms with van der Waals surface area (Å²) < 4.78 is 0. The molecule has 0 aliphatic heterocycles. The number of halogens is 1. The van der Waals surface area contributed by atoms with Gasteiger partial charge in [-0.3, -0.25) is 0 Å². The molecule has 1 aliphatic rings. The maximum absolute atomic E-state index is 6.03. The highest BCUT2D eigenvalue weighted by atomic mass is 35.5. The SMILES string of the molecule is C[C@@H](NCc1ccc(C2CC2)cc1)c1cccc(Cl)c1. The molecule has 1 N–H and O–H groups in total. The molecular weight excluding hydrogens is 266 g/mol. The number of rotatable bonds is 5. The molecule has 2 aromatic rings. The fraction of sp³-hybridized carbons (Fsp3) is 0.333. The van der Waals surface area contributed by atoms with Crippen molar-refractivity contribution in [1.29, 1.82) is 0 Å². The second kappa shape index (κ2) is 5.99. The van der Waals surface area contributed by atoms with Gasteiger partial charge in [0.2, 0.25) is 0 Å². The largest absolute Gasteiger partial charge is 0.306 e. The first-order valence-electron chi connectivity index (χ1n) is 7.30. The van der Waals surface area contributed by atoms with Gasteiger partial charge in [-0.2, -0.15) is 0 Å². The average Bonchev–Trinajstić information content (AvgIpc) is 3.30. The number of benzene rings is 2. The molecule has 0 amide bonds. The summed E-state index contributed by atoms with van der Waals surface area (Å²) in [4.78, 5) is 0. The van der Waals surface area contributed by atoms with Crippen LogP contribution in [-0.4, -0.2) is 0 Å². The molecule has 0 bridgehead atoms. The van der Waals surface area contributed by atoms with Crippen molar-refractivity contribution in [2.45, 2.75) is 38.3 Å². The maximum atomic E-state index is 6.03. The third-order valence-corrected chi connectivity index (χ3v) is 4.22. The standard InChI is InChI=1S/C18H20ClN/c1-13(17-3-2-4-18(19)11-17)20-12-14-5-7-15(8-6-14)16-9-10-16/h2-8,11,13,16,20H,9-10,12H2,1H3/t13-/m1/s1. The number of hydrogen-bond acceptors (Lipinski definition) is 1. The van der Waals surface area contributed by atoms with E-state index >= 15 is 0 Å². The summed E-state index contributed by atoms with van der Waals surface area (Å²) in [5, 5.41) is 4.34. The minimum atomic E-state index is 0.303. The Morgan fingerprint density at radius 2 is 1.90 bits per heavy atom. The van der Waals surface area contributed by atoms with E-state index in [1.165, 1.54) is 29.5 Å². The topological polar surface area (TPSA) is 12.0 Å². The van der Waals surface area contributed by atoms with Gasteiger partial charge in [-0.15, -0.1) is 0 Å². The summed E-state index contributed by atoms with van der Waals surface area (Å²) in [5.74, 6) is 0.836. The normalized spacial score (nSPS) is 16.1. The summed E-state index contributed by atoms with van der Waals surface area (Å²) in [6.45, 7) is 3.06. The highest BCUT2D eigenvalue weighted by Crippen LogP contribution is 2.39. The van der Waals surface area contributed by atoms with E-state index in [1.54, 1.807) is 0 Å². The Morgan fingerprint density at radius 3 is 2.55 bits per heavy atom. The third-order valence-electron chi connectivity index (χ3n) is 3.99. The smallest absolute Gasteiger partial charge is 0.0409 e. The van der Waals surface area contributed by atoms with Gasteiger partial charge in [0.15, 0.2) is 0 Å². The highest BCUT2D eigenvalue weighted by molar-refractivity contribution is 6.30. The van der Waals surface area contributed by atoms with Gasteiger partial charge in [-0.1, -0.05) is 48.0 Å². The van der Waals surface area contributed by atoms with Crippen molar-refractivity contribution in [2.75, 3.05) is 0 Å². The molecule has 20 heavy (non-hydrogen) atoms. The molecule has 104 valence electrons. The van der Waals surface area contributed by atoms with E-state index in [9.17, 15) is 0 Å². The van der Waals surface area contributed by atoms with Gasteiger partial charge in [0, 0.05) is 17.6 Å². The van der Waals surface area contributed by atoms with Crippen LogP contribution in [0, 0.1) is 0 Å². The molecule has 2 heteroatoms. The number of nitrogens with one attached hydrogen (secondary N) is 1. The van der Waals surface area contributed by atoms with Crippen LogP contribution >= 0.6 is 11.6 Å². The van der Waals surface area contributed by atoms with Crippen molar-refractivity contribution in [3.8, 4) is 0 Å². The molecule has 0 saturated heterocycles. The molecule has 1 aliphatic carbocycles. The second-order valence-electron chi connectivity index (χ2n) is 5.67. The zero-order chi connectivity index (χ0) is 13.9. The van der Waals surface area contributed by atoms with Crippen molar-refractivity contribution < 1.29 is 0 Å². The highest BCUT2D eigenvalue weighted by Gasteiger charge is 2.22. The third kappa shape index (κ3) is 3.41. The first kappa shape index (κ1) is 13.7. The van der Waals surface area contributed by atoms with Gasteiger partial charge in [0.05, 0.1) is 0 Å². The molecule has 2 aromatic carbocycles. The lowest BCUT2D eigenvalue weighted by Crippen LogP contribution is -2.18. The summed E-state index contributed by atoms with van der Waals surface area (Å²) in [6, 6.07) is 17.4. The van der Waals surface area contributed by atoms with Gasteiger partial charge in [0.1, 0.15) is 0 Å². The predicted octanol–water partition coefficient (Wildman–Crippen LogP) is 5.07. The fourth-order valence-corrected chi connectivity index (χ4v) is 2.69. The van der Waals surface area contributed by atoms with E-state index in [-0.39, 0.29) is 0 Å². The van der Waals surface area contributed by atoms with Crippen LogP contribution in [0.5, 0.6) is 0 Å². The van der Waals surface area contributed by atoms with Crippen molar-refractivity contribution in [2.24, 2.45) is 0 Å². The minimum Gasteiger partial charge on any atom is -0.306 e. The van der Waals surface area contributed by atoms with Crippen molar-refractivity contribution in [1.82, 2.24) is 5.32 Å². The van der Waals surface area contributed by atoms with E-state index in [0.29, 0.717) is 6.04 Å². The molecule has 1 saturated carbocycles. The molecule has 0 spiro atoms. The Kier molecular flexibility index (Phi) is 4.09. The molecule has 1 nitrogen and oxygen atoms in total. The zero-order valence-electron chi connectivity index (χ0n) is 11.8. The molecule has 3 rings (SSSR count). The quantitative estimate of drug-likeness (QED) is 0.809. The summed E-state index contributed by atoms with van der Waals surface area (Å²) >= 11 is 6.03. The molecular formula is C18H20ClN. The van der Waals surface area contributed by atoms with Crippen LogP contribution in [0.4, 0.5) is 0 Å². The molecule has 0 heterocycles. The van der Waals surface area contributed by atoms with Crippen LogP contribution < -0.4 is 5.32 Å². The Balaban J connectivity index is 1.58. The average molecular weight is 286 g/mol. The first-order valence-corrected chi connectivity index (χ1v) is 7.68. The molecule has 0 aromatic heterocycles. The molecule has 0 radical (unpaired) electrons. The summed E-state index contributed by atoms with van der Waals surface area (Å²) in [7, 11) is 0. The lowest BCUT2D eigenvalue weighted by Gasteiger charge is -2.15. The van der Waals surface area contributed by atoms with Crippen LogP contribution in [-0.2, 0) is 6.54 Å². The zero-order valence-corrected chi connectivity index (χ0v) is 12.5. The van der Waals surface area contributed by atoms with Gasteiger partial charge in [-0.25, -0.2) is 0 Å². The van der Waals surface area contributed by atoms with Crippen molar-refractivity contribution in [3.63, 3.8) is 0 Å². The van der Waals surface area contributed by atoms with Crippen LogP contribution in [0.1, 0.15) is 48.4 Å². The van der Waals surface area contributed by atoms with E-state index in [1.807, 2.05) is 18.2 Å².